The van der Waals surface area contributed by atoms with E-state index in [1.54, 1.807) is 0 Å². The fraction of sp³-hybridized carbons (Fsp3) is 0.200. The van der Waals surface area contributed by atoms with Crippen molar-refractivity contribution in [2.75, 3.05) is 0 Å². The lowest BCUT2D eigenvalue weighted by Gasteiger charge is -2.06. The highest BCUT2D eigenvalue weighted by molar-refractivity contribution is 7.80. The summed E-state index contributed by atoms with van der Waals surface area (Å²) in [6.07, 6.45) is -0.580. The third-order valence-electron chi connectivity index (χ3n) is 2.07. The van der Waals surface area contributed by atoms with E-state index >= 15 is 0 Å². The molecule has 1 N–H and O–H groups in total. The number of thiocarbonyl (C=S) groups is 1. The van der Waals surface area contributed by atoms with Crippen LogP contribution in [-0.4, -0.2) is 11.1 Å². The number of hydrogen-bond acceptors (Lipinski definition) is 3. The fourth-order valence-corrected chi connectivity index (χ4v) is 1.51. The molecule has 1 heterocycles. The lowest BCUT2D eigenvalue weighted by Crippen LogP contribution is -2.20. The van der Waals surface area contributed by atoms with Gasteiger partial charge in [-0.15, -0.1) is 0 Å². The zero-order valence-corrected chi connectivity index (χ0v) is 8.43. The highest BCUT2D eigenvalue weighted by Gasteiger charge is 2.30. The van der Waals surface area contributed by atoms with Gasteiger partial charge in [0.2, 0.25) is 6.10 Å². The predicted molar refractivity (Wildman–Crippen MR) is 55.7 cm³/mol. The number of rotatable bonds is 1. The van der Waals surface area contributed by atoms with Gasteiger partial charge in [-0.2, -0.15) is 0 Å². The SMILES string of the molecule is Cc1ccc(C2OC(=S)NC2=O)cc1. The second kappa shape index (κ2) is 3.38. The van der Waals surface area contributed by atoms with Crippen LogP contribution in [0.5, 0.6) is 0 Å². The van der Waals surface area contributed by atoms with Crippen LogP contribution in [0.4, 0.5) is 0 Å². The number of amides is 1. The van der Waals surface area contributed by atoms with Gasteiger partial charge in [0.1, 0.15) is 0 Å². The van der Waals surface area contributed by atoms with Crippen LogP contribution in [0.25, 0.3) is 0 Å². The Balaban J connectivity index is 2.27. The molecule has 1 unspecified atom stereocenters. The molecule has 72 valence electrons. The van der Waals surface area contributed by atoms with E-state index in [9.17, 15) is 4.79 Å². The van der Waals surface area contributed by atoms with Gasteiger partial charge in [0.15, 0.2) is 0 Å². The van der Waals surface area contributed by atoms with Crippen LogP contribution in [-0.2, 0) is 9.53 Å². The molecule has 1 aromatic carbocycles. The molecule has 0 spiro atoms. The monoisotopic (exact) mass is 207 g/mol. The van der Waals surface area contributed by atoms with Crippen molar-refractivity contribution in [3.05, 3.63) is 35.4 Å². The first kappa shape index (κ1) is 9.15. The smallest absolute Gasteiger partial charge is 0.273 e. The van der Waals surface area contributed by atoms with Crippen molar-refractivity contribution in [3.8, 4) is 0 Å². The van der Waals surface area contributed by atoms with Crippen molar-refractivity contribution in [3.63, 3.8) is 0 Å². The quantitative estimate of drug-likeness (QED) is 0.709. The first-order valence-electron chi connectivity index (χ1n) is 4.25. The van der Waals surface area contributed by atoms with Crippen LogP contribution in [0.1, 0.15) is 17.2 Å². The molecule has 1 aliphatic rings. The Morgan fingerprint density at radius 1 is 1.36 bits per heavy atom. The number of benzene rings is 1. The molecule has 0 aliphatic carbocycles. The van der Waals surface area contributed by atoms with Crippen LogP contribution < -0.4 is 5.32 Å². The van der Waals surface area contributed by atoms with Crippen molar-refractivity contribution in [2.45, 2.75) is 13.0 Å². The number of nitrogens with one attached hydrogen (secondary N) is 1. The molecule has 0 aromatic heterocycles. The fourth-order valence-electron chi connectivity index (χ4n) is 1.32. The number of aryl methyl sites for hydroxylation is 1. The summed E-state index contributed by atoms with van der Waals surface area (Å²) in [7, 11) is 0. The summed E-state index contributed by atoms with van der Waals surface area (Å²) in [5.41, 5.74) is 1.97. The molecule has 14 heavy (non-hydrogen) atoms. The molecule has 0 radical (unpaired) electrons. The van der Waals surface area contributed by atoms with Crippen LogP contribution in [0, 0.1) is 6.92 Å². The summed E-state index contributed by atoms with van der Waals surface area (Å²) in [4.78, 5) is 11.3. The van der Waals surface area contributed by atoms with Gasteiger partial charge in [0, 0.05) is 5.56 Å². The van der Waals surface area contributed by atoms with Gasteiger partial charge in [-0.05, 0) is 19.1 Å². The van der Waals surface area contributed by atoms with E-state index in [-0.39, 0.29) is 11.1 Å². The maximum atomic E-state index is 11.3. The molecule has 0 bridgehead atoms. The highest BCUT2D eigenvalue weighted by atomic mass is 32.1. The maximum absolute atomic E-state index is 11.3. The summed E-state index contributed by atoms with van der Waals surface area (Å²) >= 11 is 4.74. The van der Waals surface area contributed by atoms with E-state index in [4.69, 9.17) is 17.0 Å². The molecule has 1 atom stereocenters. The van der Waals surface area contributed by atoms with Gasteiger partial charge in [-0.3, -0.25) is 10.1 Å². The average molecular weight is 207 g/mol. The van der Waals surface area contributed by atoms with Crippen molar-refractivity contribution in [2.24, 2.45) is 0 Å². The molecular weight excluding hydrogens is 198 g/mol. The summed E-state index contributed by atoms with van der Waals surface area (Å²) in [6.45, 7) is 1.99. The minimum absolute atomic E-state index is 0.153. The second-order valence-corrected chi connectivity index (χ2v) is 3.56. The van der Waals surface area contributed by atoms with E-state index in [0.717, 1.165) is 11.1 Å². The van der Waals surface area contributed by atoms with Crippen molar-refractivity contribution >= 4 is 23.3 Å². The first-order valence-corrected chi connectivity index (χ1v) is 4.66. The lowest BCUT2D eigenvalue weighted by molar-refractivity contribution is -0.123. The molecule has 2 rings (SSSR count). The van der Waals surface area contributed by atoms with Crippen molar-refractivity contribution < 1.29 is 9.53 Å². The number of carbonyl (C=O) groups excluding carboxylic acids is 1. The van der Waals surface area contributed by atoms with E-state index < -0.39 is 6.10 Å². The molecular formula is C10H9NO2S. The number of hydrogen-bond donors (Lipinski definition) is 1. The Kier molecular flexibility index (Phi) is 2.21. The summed E-state index contributed by atoms with van der Waals surface area (Å²) in [6, 6.07) is 7.61. The number of carbonyl (C=O) groups is 1. The Labute approximate surface area is 87.1 Å². The molecule has 1 aromatic rings. The zero-order chi connectivity index (χ0) is 10.1. The van der Waals surface area contributed by atoms with E-state index in [1.165, 1.54) is 0 Å². The van der Waals surface area contributed by atoms with Gasteiger partial charge in [-0.1, -0.05) is 29.8 Å². The third kappa shape index (κ3) is 1.61. The normalized spacial score (nSPS) is 20.5. The van der Waals surface area contributed by atoms with E-state index in [0.29, 0.717) is 0 Å². The van der Waals surface area contributed by atoms with Crippen LogP contribution in [0.3, 0.4) is 0 Å². The van der Waals surface area contributed by atoms with Gasteiger partial charge < -0.3 is 4.74 Å². The maximum Gasteiger partial charge on any atom is 0.273 e. The van der Waals surface area contributed by atoms with E-state index in [1.807, 2.05) is 31.2 Å². The van der Waals surface area contributed by atoms with Crippen LogP contribution in [0.2, 0.25) is 0 Å². The minimum Gasteiger partial charge on any atom is -0.452 e. The molecule has 1 fully saturated rings. The van der Waals surface area contributed by atoms with Gasteiger partial charge >= 0.3 is 0 Å². The Hall–Kier alpha value is -1.42. The molecule has 1 amide bonds. The van der Waals surface area contributed by atoms with Gasteiger partial charge in [0.05, 0.1) is 0 Å². The largest absolute Gasteiger partial charge is 0.452 e. The van der Waals surface area contributed by atoms with Gasteiger partial charge in [0.25, 0.3) is 11.1 Å². The topological polar surface area (TPSA) is 38.3 Å². The van der Waals surface area contributed by atoms with Crippen LogP contribution in [0.15, 0.2) is 24.3 Å². The summed E-state index contributed by atoms with van der Waals surface area (Å²) in [5, 5.41) is 2.60. The standard InChI is InChI=1S/C10H9NO2S/c1-6-2-4-7(5-3-6)8-9(12)11-10(14)13-8/h2-5,8H,1H3,(H,11,12,14). The predicted octanol–water partition coefficient (Wildman–Crippen LogP) is 1.47. The Morgan fingerprint density at radius 2 is 2.00 bits per heavy atom. The molecule has 4 heteroatoms. The summed E-state index contributed by atoms with van der Waals surface area (Å²) in [5.74, 6) is -0.196. The molecule has 1 aliphatic heterocycles. The van der Waals surface area contributed by atoms with E-state index in [2.05, 4.69) is 5.32 Å². The lowest BCUT2D eigenvalue weighted by atomic mass is 10.1. The highest BCUT2D eigenvalue weighted by Crippen LogP contribution is 2.22. The zero-order valence-electron chi connectivity index (χ0n) is 7.61. The summed E-state index contributed by atoms with van der Waals surface area (Å²) < 4.78 is 5.17. The van der Waals surface area contributed by atoms with Crippen molar-refractivity contribution in [1.29, 1.82) is 0 Å². The number of ether oxygens (including phenoxy) is 1. The van der Waals surface area contributed by atoms with Crippen molar-refractivity contribution in [1.82, 2.24) is 5.32 Å². The average Bonchev–Trinajstić information content (AvgIpc) is 2.47. The molecule has 1 saturated heterocycles. The molecule has 3 nitrogen and oxygen atoms in total. The third-order valence-corrected chi connectivity index (χ3v) is 2.27. The van der Waals surface area contributed by atoms with Gasteiger partial charge in [-0.25, -0.2) is 0 Å². The van der Waals surface area contributed by atoms with Crippen LogP contribution >= 0.6 is 12.2 Å². The Morgan fingerprint density at radius 3 is 2.50 bits per heavy atom. The Bertz CT molecular complexity index is 386. The molecule has 0 saturated carbocycles. The first-order chi connectivity index (χ1) is 6.66. The minimum atomic E-state index is -0.580. The second-order valence-electron chi connectivity index (χ2n) is 3.19.